The van der Waals surface area contributed by atoms with Crippen molar-refractivity contribution in [3.8, 4) is 5.75 Å². The molecule has 33 heavy (non-hydrogen) atoms. The number of nitrogens with zero attached hydrogens (tertiary/aromatic N) is 3. The largest absolute Gasteiger partial charge is 0.507 e. The fraction of sp³-hybridized carbons (Fsp3) is 0.240. The van der Waals surface area contributed by atoms with Crippen molar-refractivity contribution in [2.75, 3.05) is 13.2 Å². The number of imidazole rings is 1. The smallest absolute Gasteiger partial charge is 0.295 e. The Hall–Kier alpha value is -3.94. The predicted octanol–water partition coefficient (Wildman–Crippen LogP) is 3.93. The molecular weight excluding hydrogens is 425 g/mol. The molecule has 2 aromatic carbocycles. The van der Waals surface area contributed by atoms with Crippen molar-refractivity contribution >= 4 is 17.4 Å². The number of Topliss-reactive ketones (excluding diaryl/α,β-unsaturated/α-hetero) is 1. The number of aryl methyl sites for hydroxylation is 1. The summed E-state index contributed by atoms with van der Waals surface area (Å²) in [5.41, 5.74) is 0.922. The lowest BCUT2D eigenvalue weighted by Gasteiger charge is -2.25. The minimum Gasteiger partial charge on any atom is -0.507 e. The zero-order valence-electron chi connectivity index (χ0n) is 18.1. The Morgan fingerprint density at radius 3 is 2.45 bits per heavy atom. The quantitative estimate of drug-likeness (QED) is 0.320. The molecule has 8 heteroatoms. The van der Waals surface area contributed by atoms with Crippen LogP contribution in [0.1, 0.15) is 30.5 Å². The van der Waals surface area contributed by atoms with Crippen LogP contribution >= 0.6 is 0 Å². The number of aromatic nitrogens is 2. The van der Waals surface area contributed by atoms with Crippen LogP contribution in [0.2, 0.25) is 0 Å². The summed E-state index contributed by atoms with van der Waals surface area (Å²) in [6.07, 6.45) is 5.78. The molecule has 0 spiro atoms. The van der Waals surface area contributed by atoms with Gasteiger partial charge in [0, 0.05) is 31.0 Å². The molecule has 0 aliphatic carbocycles. The van der Waals surface area contributed by atoms with E-state index in [2.05, 4.69) is 4.98 Å². The molecule has 0 unspecified atom stereocenters. The first kappa shape index (κ1) is 22.3. The second-order valence-electron chi connectivity index (χ2n) is 7.66. The van der Waals surface area contributed by atoms with Crippen LogP contribution in [0.4, 0.5) is 4.39 Å². The van der Waals surface area contributed by atoms with E-state index in [9.17, 15) is 19.1 Å². The van der Waals surface area contributed by atoms with Gasteiger partial charge in [-0.15, -0.1) is 0 Å². The van der Waals surface area contributed by atoms with E-state index in [-0.39, 0.29) is 16.9 Å². The number of hydrogen-bond acceptors (Lipinski definition) is 5. The summed E-state index contributed by atoms with van der Waals surface area (Å²) < 4.78 is 20.8. The molecule has 1 amide bonds. The van der Waals surface area contributed by atoms with Gasteiger partial charge in [0.25, 0.3) is 11.7 Å². The average molecular weight is 449 g/mol. The Morgan fingerprint density at radius 1 is 1.09 bits per heavy atom. The van der Waals surface area contributed by atoms with Crippen molar-refractivity contribution in [1.29, 1.82) is 0 Å². The molecule has 3 aromatic rings. The summed E-state index contributed by atoms with van der Waals surface area (Å²) in [7, 11) is 0. The highest BCUT2D eigenvalue weighted by atomic mass is 19.1. The molecule has 1 atom stereocenters. The first-order valence-electron chi connectivity index (χ1n) is 10.7. The third-order valence-electron chi connectivity index (χ3n) is 5.54. The van der Waals surface area contributed by atoms with Crippen LogP contribution in [0, 0.1) is 5.82 Å². The SMILES string of the molecule is CCOc1ccc([C@H]2/C(=C(\O)c3ccc(F)cc3)C(=O)C(=O)N2CCCn2ccnc2)cc1. The van der Waals surface area contributed by atoms with Gasteiger partial charge in [-0.05, 0) is 55.3 Å². The summed E-state index contributed by atoms with van der Waals surface area (Å²) >= 11 is 0. The van der Waals surface area contributed by atoms with E-state index in [0.717, 1.165) is 0 Å². The number of aliphatic hydroxyl groups excluding tert-OH is 1. The Bertz CT molecular complexity index is 1160. The fourth-order valence-electron chi connectivity index (χ4n) is 3.98. The summed E-state index contributed by atoms with van der Waals surface area (Å²) in [6.45, 7) is 3.32. The molecule has 1 aliphatic heterocycles. The lowest BCUT2D eigenvalue weighted by atomic mass is 9.95. The second kappa shape index (κ2) is 9.68. The molecule has 1 saturated heterocycles. The molecule has 1 N–H and O–H groups in total. The van der Waals surface area contributed by atoms with E-state index in [1.165, 1.54) is 29.2 Å². The third kappa shape index (κ3) is 4.64. The second-order valence-corrected chi connectivity index (χ2v) is 7.66. The van der Waals surface area contributed by atoms with Crippen molar-refractivity contribution in [1.82, 2.24) is 14.5 Å². The molecule has 0 bridgehead atoms. The lowest BCUT2D eigenvalue weighted by Crippen LogP contribution is -2.31. The van der Waals surface area contributed by atoms with Gasteiger partial charge in [0.2, 0.25) is 0 Å². The van der Waals surface area contributed by atoms with Crippen LogP contribution in [-0.2, 0) is 16.1 Å². The molecular formula is C25H24FN3O4. The fourth-order valence-corrected chi connectivity index (χ4v) is 3.98. The summed E-state index contributed by atoms with van der Waals surface area (Å²) in [6, 6.07) is 11.5. The van der Waals surface area contributed by atoms with Crippen LogP contribution in [0.15, 0.2) is 72.8 Å². The summed E-state index contributed by atoms with van der Waals surface area (Å²) in [5, 5.41) is 11.0. The highest BCUT2D eigenvalue weighted by molar-refractivity contribution is 6.46. The maximum Gasteiger partial charge on any atom is 0.295 e. The molecule has 7 nitrogen and oxygen atoms in total. The van der Waals surface area contributed by atoms with E-state index < -0.39 is 23.5 Å². The number of rotatable bonds is 8. The topological polar surface area (TPSA) is 84.7 Å². The molecule has 0 radical (unpaired) electrons. The van der Waals surface area contributed by atoms with E-state index in [1.807, 2.05) is 17.7 Å². The van der Waals surface area contributed by atoms with E-state index in [4.69, 9.17) is 4.74 Å². The zero-order chi connectivity index (χ0) is 23.4. The van der Waals surface area contributed by atoms with Crippen LogP contribution in [0.25, 0.3) is 5.76 Å². The number of amides is 1. The number of benzene rings is 2. The highest BCUT2D eigenvalue weighted by Crippen LogP contribution is 2.39. The number of hydrogen-bond donors (Lipinski definition) is 1. The third-order valence-corrected chi connectivity index (χ3v) is 5.54. The first-order valence-corrected chi connectivity index (χ1v) is 10.7. The van der Waals surface area contributed by atoms with Gasteiger partial charge in [-0.1, -0.05) is 12.1 Å². The van der Waals surface area contributed by atoms with E-state index >= 15 is 0 Å². The Labute approximate surface area is 190 Å². The molecule has 1 fully saturated rings. The minimum atomic E-state index is -0.770. The molecule has 0 saturated carbocycles. The number of ether oxygens (including phenoxy) is 1. The van der Waals surface area contributed by atoms with Crippen LogP contribution in [-0.4, -0.2) is 44.4 Å². The lowest BCUT2D eigenvalue weighted by molar-refractivity contribution is -0.139. The van der Waals surface area contributed by atoms with Crippen molar-refractivity contribution in [3.63, 3.8) is 0 Å². The van der Waals surface area contributed by atoms with Gasteiger partial charge in [-0.25, -0.2) is 9.37 Å². The van der Waals surface area contributed by atoms with Crippen LogP contribution < -0.4 is 4.74 Å². The molecule has 2 heterocycles. The monoisotopic (exact) mass is 449 g/mol. The molecule has 1 aliphatic rings. The molecule has 4 rings (SSSR count). The number of carbonyl (C=O) groups is 2. The van der Waals surface area contributed by atoms with E-state index in [1.54, 1.807) is 36.8 Å². The number of carbonyl (C=O) groups excluding carboxylic acids is 2. The highest BCUT2D eigenvalue weighted by Gasteiger charge is 2.45. The van der Waals surface area contributed by atoms with Gasteiger partial charge >= 0.3 is 0 Å². The van der Waals surface area contributed by atoms with Crippen molar-refractivity contribution in [2.45, 2.75) is 25.9 Å². The number of aliphatic hydroxyl groups is 1. The van der Waals surface area contributed by atoms with Gasteiger partial charge in [0.05, 0.1) is 24.5 Å². The number of ketones is 1. The Morgan fingerprint density at radius 2 is 1.82 bits per heavy atom. The normalized spacial score (nSPS) is 17.5. The minimum absolute atomic E-state index is 0.0154. The van der Waals surface area contributed by atoms with Crippen molar-refractivity contribution < 1.29 is 23.8 Å². The predicted molar refractivity (Wildman–Crippen MR) is 120 cm³/mol. The van der Waals surface area contributed by atoms with Gasteiger partial charge < -0.3 is 19.3 Å². The van der Waals surface area contributed by atoms with Gasteiger partial charge in [-0.2, -0.15) is 0 Å². The van der Waals surface area contributed by atoms with Crippen molar-refractivity contribution in [2.24, 2.45) is 0 Å². The maximum atomic E-state index is 13.4. The summed E-state index contributed by atoms with van der Waals surface area (Å²) in [4.78, 5) is 31.5. The molecule has 1 aromatic heterocycles. The summed E-state index contributed by atoms with van der Waals surface area (Å²) in [5.74, 6) is -1.57. The van der Waals surface area contributed by atoms with E-state index in [0.29, 0.717) is 37.4 Å². The number of halogens is 1. The number of likely N-dealkylation sites (tertiary alicyclic amines) is 1. The van der Waals surface area contributed by atoms with Crippen LogP contribution in [0.5, 0.6) is 5.75 Å². The zero-order valence-corrected chi connectivity index (χ0v) is 18.1. The maximum absolute atomic E-state index is 13.4. The van der Waals surface area contributed by atoms with Gasteiger partial charge in [0.1, 0.15) is 17.3 Å². The standard InChI is InChI=1S/C25H24FN3O4/c1-2-33-20-10-6-17(7-11-20)22-21(23(30)18-4-8-19(26)9-5-18)24(31)25(32)29(22)14-3-13-28-15-12-27-16-28/h4-12,15-16,22,30H,2-3,13-14H2,1H3/b23-21+/t22-/m0/s1. The Balaban J connectivity index is 1.71. The average Bonchev–Trinajstić information content (AvgIpc) is 3.42. The molecule has 170 valence electrons. The first-order chi connectivity index (χ1) is 16.0. The van der Waals surface area contributed by atoms with Crippen LogP contribution in [0.3, 0.4) is 0 Å². The van der Waals surface area contributed by atoms with Gasteiger partial charge in [0.15, 0.2) is 0 Å². The Kier molecular flexibility index (Phi) is 6.53. The van der Waals surface area contributed by atoms with Gasteiger partial charge in [-0.3, -0.25) is 9.59 Å². The van der Waals surface area contributed by atoms with Crippen molar-refractivity contribution in [3.05, 3.63) is 89.8 Å².